The first-order valence-corrected chi connectivity index (χ1v) is 7.70. The van der Waals surface area contributed by atoms with Gasteiger partial charge in [0.05, 0.1) is 13.0 Å². The molecule has 7 nitrogen and oxygen atoms in total. The maximum Gasteiger partial charge on any atom is 0.328 e. The van der Waals surface area contributed by atoms with E-state index in [4.69, 9.17) is 9.84 Å². The van der Waals surface area contributed by atoms with E-state index in [0.29, 0.717) is 0 Å². The van der Waals surface area contributed by atoms with Crippen LogP contribution >= 0.6 is 0 Å². The lowest BCUT2D eigenvalue weighted by atomic mass is 10.0. The number of carboxylic acids is 1. The van der Waals surface area contributed by atoms with Crippen LogP contribution in [-0.2, 0) is 25.5 Å². The Labute approximate surface area is 141 Å². The Hall–Kier alpha value is -2.41. The second-order valence-corrected chi connectivity index (χ2v) is 5.81. The van der Waals surface area contributed by atoms with E-state index in [0.717, 1.165) is 5.56 Å². The lowest BCUT2D eigenvalue weighted by Crippen LogP contribution is -2.55. The summed E-state index contributed by atoms with van der Waals surface area (Å²) in [5.74, 6) is -2.23. The van der Waals surface area contributed by atoms with Crippen molar-refractivity contribution in [1.82, 2.24) is 10.6 Å². The molecule has 0 aliphatic heterocycles. The number of carboxylic acid groups (broad SMARTS) is 1. The van der Waals surface area contributed by atoms with E-state index < -0.39 is 24.0 Å². The molecule has 1 aromatic carbocycles. The van der Waals surface area contributed by atoms with Gasteiger partial charge >= 0.3 is 5.97 Å². The van der Waals surface area contributed by atoms with Gasteiger partial charge in [-0.25, -0.2) is 4.79 Å². The second-order valence-electron chi connectivity index (χ2n) is 5.81. The average molecular weight is 336 g/mol. The van der Waals surface area contributed by atoms with Gasteiger partial charge in [0, 0.05) is 7.11 Å². The average Bonchev–Trinajstić information content (AvgIpc) is 2.52. The summed E-state index contributed by atoms with van der Waals surface area (Å²) in [6.07, 6.45) is 0.151. The van der Waals surface area contributed by atoms with E-state index in [1.54, 1.807) is 13.8 Å². The smallest absolute Gasteiger partial charge is 0.328 e. The quantitative estimate of drug-likeness (QED) is 0.612. The number of carbonyl (C=O) groups excluding carboxylic acids is 2. The molecule has 2 amide bonds. The van der Waals surface area contributed by atoms with E-state index in [1.807, 2.05) is 30.3 Å². The first-order valence-electron chi connectivity index (χ1n) is 7.70. The summed E-state index contributed by atoms with van der Waals surface area (Å²) in [5, 5.41) is 14.1. The van der Waals surface area contributed by atoms with Crippen LogP contribution in [0.3, 0.4) is 0 Å². The topological polar surface area (TPSA) is 105 Å². The number of amides is 2. The van der Waals surface area contributed by atoms with Crippen LogP contribution in [0.5, 0.6) is 0 Å². The summed E-state index contributed by atoms with van der Waals surface area (Å²) in [6.45, 7) is 3.40. The zero-order chi connectivity index (χ0) is 18.1. The Morgan fingerprint density at radius 1 is 1.12 bits per heavy atom. The third-order valence-electron chi connectivity index (χ3n) is 3.42. The minimum absolute atomic E-state index is 0.149. The molecule has 1 aromatic rings. The van der Waals surface area contributed by atoms with E-state index in [2.05, 4.69) is 10.6 Å². The van der Waals surface area contributed by atoms with Crippen molar-refractivity contribution in [3.63, 3.8) is 0 Å². The maximum atomic E-state index is 12.3. The molecule has 3 N–H and O–H groups in total. The first kappa shape index (κ1) is 19.6. The molecular formula is C17H24N2O5. The highest BCUT2D eigenvalue weighted by Crippen LogP contribution is 2.05. The fraction of sp³-hybridized carbons (Fsp3) is 0.471. The van der Waals surface area contributed by atoms with E-state index in [9.17, 15) is 14.4 Å². The zero-order valence-electron chi connectivity index (χ0n) is 14.1. The number of hydrogen-bond donors (Lipinski definition) is 3. The van der Waals surface area contributed by atoms with Crippen LogP contribution in [0.4, 0.5) is 0 Å². The fourth-order valence-corrected chi connectivity index (χ4v) is 2.14. The third kappa shape index (κ3) is 6.37. The molecule has 0 spiro atoms. The highest BCUT2D eigenvalue weighted by Gasteiger charge is 2.28. The minimum Gasteiger partial charge on any atom is -0.480 e. The van der Waals surface area contributed by atoms with Gasteiger partial charge in [-0.3, -0.25) is 9.59 Å². The molecule has 24 heavy (non-hydrogen) atoms. The largest absolute Gasteiger partial charge is 0.480 e. The van der Waals surface area contributed by atoms with Gasteiger partial charge in [0.15, 0.2) is 6.04 Å². The fourth-order valence-electron chi connectivity index (χ4n) is 2.14. The number of carbonyl (C=O) groups is 3. The molecule has 1 rings (SSSR count). The van der Waals surface area contributed by atoms with Gasteiger partial charge in [-0.2, -0.15) is 0 Å². The Morgan fingerprint density at radius 2 is 1.75 bits per heavy atom. The van der Waals surface area contributed by atoms with Crippen LogP contribution in [-0.4, -0.2) is 48.7 Å². The molecule has 0 aliphatic rings. The SMILES string of the molecule is COCC(NC(=O)C(NC(=O)Cc1ccccc1)C(C)C)C(=O)O. The van der Waals surface area contributed by atoms with Crippen molar-refractivity contribution in [3.8, 4) is 0 Å². The standard InChI is InChI=1S/C17H24N2O5/c1-11(2)15(16(21)18-13(10-24-3)17(22)23)19-14(20)9-12-7-5-4-6-8-12/h4-8,11,13,15H,9-10H2,1-3H3,(H,18,21)(H,19,20)(H,22,23). The van der Waals surface area contributed by atoms with Gasteiger partial charge in [-0.15, -0.1) is 0 Å². The summed E-state index contributed by atoms with van der Waals surface area (Å²) < 4.78 is 4.78. The number of nitrogens with one attached hydrogen (secondary N) is 2. The Balaban J connectivity index is 2.70. The van der Waals surface area contributed by atoms with Crippen LogP contribution in [0.2, 0.25) is 0 Å². The first-order chi connectivity index (χ1) is 11.3. The van der Waals surface area contributed by atoms with Crippen molar-refractivity contribution in [2.75, 3.05) is 13.7 Å². The second kappa shape index (κ2) is 9.67. The molecule has 2 unspecified atom stereocenters. The molecule has 0 saturated heterocycles. The highest BCUT2D eigenvalue weighted by atomic mass is 16.5. The Bertz CT molecular complexity index is 559. The molecule has 0 fully saturated rings. The van der Waals surface area contributed by atoms with Crippen molar-refractivity contribution in [3.05, 3.63) is 35.9 Å². The maximum absolute atomic E-state index is 12.3. The summed E-state index contributed by atoms with van der Waals surface area (Å²) in [7, 11) is 1.35. The molecule has 0 aliphatic carbocycles. The van der Waals surface area contributed by atoms with Gasteiger partial charge < -0.3 is 20.5 Å². The van der Waals surface area contributed by atoms with E-state index in [1.165, 1.54) is 7.11 Å². The molecule has 132 valence electrons. The highest BCUT2D eigenvalue weighted by molar-refractivity contribution is 5.91. The normalized spacial score (nSPS) is 13.2. The summed E-state index contributed by atoms with van der Waals surface area (Å²) in [5.41, 5.74) is 0.834. The van der Waals surface area contributed by atoms with Crippen molar-refractivity contribution in [2.45, 2.75) is 32.4 Å². The van der Waals surface area contributed by atoms with Crippen molar-refractivity contribution >= 4 is 17.8 Å². The van der Waals surface area contributed by atoms with E-state index >= 15 is 0 Å². The molecule has 0 saturated carbocycles. The van der Waals surface area contributed by atoms with Gasteiger partial charge in [0.2, 0.25) is 11.8 Å². The molecule has 0 bridgehead atoms. The molecule has 7 heteroatoms. The summed E-state index contributed by atoms with van der Waals surface area (Å²) in [6, 6.07) is 7.18. The number of hydrogen-bond acceptors (Lipinski definition) is 4. The lowest BCUT2D eigenvalue weighted by molar-refractivity contribution is -0.144. The van der Waals surface area contributed by atoms with Crippen LogP contribution in [0.15, 0.2) is 30.3 Å². The molecule has 0 heterocycles. The molecule has 0 aromatic heterocycles. The molecule has 0 radical (unpaired) electrons. The number of benzene rings is 1. The van der Waals surface area contributed by atoms with Crippen LogP contribution < -0.4 is 10.6 Å². The van der Waals surface area contributed by atoms with Crippen LogP contribution in [0.1, 0.15) is 19.4 Å². The van der Waals surface area contributed by atoms with Gasteiger partial charge in [0.25, 0.3) is 0 Å². The monoisotopic (exact) mass is 336 g/mol. The minimum atomic E-state index is -1.19. The van der Waals surface area contributed by atoms with Gasteiger partial charge in [-0.1, -0.05) is 44.2 Å². The van der Waals surface area contributed by atoms with Crippen molar-refractivity contribution in [2.24, 2.45) is 5.92 Å². The van der Waals surface area contributed by atoms with Crippen molar-refractivity contribution < 1.29 is 24.2 Å². The zero-order valence-corrected chi connectivity index (χ0v) is 14.1. The third-order valence-corrected chi connectivity index (χ3v) is 3.42. The number of ether oxygens (including phenoxy) is 1. The number of aliphatic carboxylic acids is 1. The Kier molecular flexibility index (Phi) is 7.91. The van der Waals surface area contributed by atoms with Gasteiger partial charge in [-0.05, 0) is 11.5 Å². The van der Waals surface area contributed by atoms with E-state index in [-0.39, 0.29) is 24.9 Å². The molecular weight excluding hydrogens is 312 g/mol. The summed E-state index contributed by atoms with van der Waals surface area (Å²) >= 11 is 0. The number of methoxy groups -OCH3 is 1. The van der Waals surface area contributed by atoms with Crippen LogP contribution in [0.25, 0.3) is 0 Å². The Morgan fingerprint density at radius 3 is 2.25 bits per heavy atom. The lowest BCUT2D eigenvalue weighted by Gasteiger charge is -2.23. The summed E-state index contributed by atoms with van der Waals surface area (Å²) in [4.78, 5) is 35.6. The van der Waals surface area contributed by atoms with Crippen molar-refractivity contribution in [1.29, 1.82) is 0 Å². The van der Waals surface area contributed by atoms with Crippen LogP contribution in [0, 0.1) is 5.92 Å². The predicted molar refractivity (Wildman–Crippen MR) is 88.4 cm³/mol. The molecule has 2 atom stereocenters. The number of rotatable bonds is 9. The predicted octanol–water partition coefficient (Wildman–Crippen LogP) is 0.586. The van der Waals surface area contributed by atoms with Gasteiger partial charge in [0.1, 0.15) is 6.04 Å².